The van der Waals surface area contributed by atoms with E-state index in [2.05, 4.69) is 29.2 Å². The molecule has 1 aliphatic rings. The van der Waals surface area contributed by atoms with Crippen molar-refractivity contribution in [1.82, 2.24) is 14.9 Å². The van der Waals surface area contributed by atoms with Crippen molar-refractivity contribution in [2.45, 2.75) is 25.2 Å². The molecule has 0 N–H and O–H groups in total. The third kappa shape index (κ3) is 4.45. The highest BCUT2D eigenvalue weighted by Gasteiger charge is 2.25. The van der Waals surface area contributed by atoms with Crippen molar-refractivity contribution in [1.29, 1.82) is 0 Å². The molecular weight excluding hydrogens is 362 g/mol. The van der Waals surface area contributed by atoms with Gasteiger partial charge in [0, 0.05) is 60.3 Å². The van der Waals surface area contributed by atoms with Crippen LogP contribution in [0.3, 0.4) is 0 Å². The highest BCUT2D eigenvalue weighted by atomic mass is 16.5. The summed E-state index contributed by atoms with van der Waals surface area (Å²) in [6, 6.07) is 17.9. The van der Waals surface area contributed by atoms with Crippen LogP contribution in [-0.4, -0.2) is 41.0 Å². The van der Waals surface area contributed by atoms with E-state index < -0.39 is 0 Å². The van der Waals surface area contributed by atoms with E-state index in [4.69, 9.17) is 9.72 Å². The number of carbonyl (C=O) groups is 1. The third-order valence-corrected chi connectivity index (χ3v) is 5.52. The molecule has 5 heteroatoms. The number of pyridine rings is 2. The first-order chi connectivity index (χ1) is 14.2. The Morgan fingerprint density at radius 2 is 1.79 bits per heavy atom. The van der Waals surface area contributed by atoms with Crippen molar-refractivity contribution < 1.29 is 9.53 Å². The minimum absolute atomic E-state index is 0.0868. The van der Waals surface area contributed by atoms with E-state index in [9.17, 15) is 4.79 Å². The molecule has 0 atom stereocenters. The molecule has 1 saturated heterocycles. The molecule has 3 aromatic rings. The molecule has 2 aromatic heterocycles. The number of amides is 1. The number of carbonyl (C=O) groups excluding carboxylic acids is 1. The standard InChI is InChI=1S/C24H25N3O2/c1-29-23-8-3-2-5-20(23)17-21-6-4-7-22(26-21)18-11-15-27(16-12-18)24(28)19-9-13-25-14-10-19/h2-10,13-14,18H,11-12,15-17H2,1H3. The van der Waals surface area contributed by atoms with Crippen molar-refractivity contribution in [2.24, 2.45) is 0 Å². The zero-order valence-corrected chi connectivity index (χ0v) is 16.6. The van der Waals surface area contributed by atoms with Crippen LogP contribution >= 0.6 is 0 Å². The summed E-state index contributed by atoms with van der Waals surface area (Å²) in [7, 11) is 1.70. The van der Waals surface area contributed by atoms with Gasteiger partial charge in [0.2, 0.25) is 0 Å². The van der Waals surface area contributed by atoms with Crippen LogP contribution in [0.4, 0.5) is 0 Å². The molecule has 1 aliphatic heterocycles. The van der Waals surface area contributed by atoms with Gasteiger partial charge in [0.05, 0.1) is 7.11 Å². The molecule has 1 amide bonds. The number of piperidine rings is 1. The van der Waals surface area contributed by atoms with Crippen LogP contribution < -0.4 is 4.74 Å². The Balaban J connectivity index is 1.41. The molecule has 1 fully saturated rings. The summed E-state index contributed by atoms with van der Waals surface area (Å²) >= 11 is 0. The Labute approximate surface area is 171 Å². The number of aromatic nitrogens is 2. The highest BCUT2D eigenvalue weighted by molar-refractivity contribution is 5.94. The number of para-hydroxylation sites is 1. The summed E-state index contributed by atoms with van der Waals surface area (Å²) in [5.41, 5.74) is 4.00. The van der Waals surface area contributed by atoms with Crippen LogP contribution in [0, 0.1) is 0 Å². The molecule has 3 heterocycles. The van der Waals surface area contributed by atoms with Crippen LogP contribution in [-0.2, 0) is 6.42 Å². The van der Waals surface area contributed by atoms with Gasteiger partial charge in [0.15, 0.2) is 0 Å². The minimum atomic E-state index is 0.0868. The summed E-state index contributed by atoms with van der Waals surface area (Å²) in [6.45, 7) is 1.51. The van der Waals surface area contributed by atoms with E-state index in [1.54, 1.807) is 31.6 Å². The van der Waals surface area contributed by atoms with E-state index in [1.807, 2.05) is 23.1 Å². The molecule has 148 valence electrons. The lowest BCUT2D eigenvalue weighted by Crippen LogP contribution is -2.38. The predicted octanol–water partition coefficient (Wildman–Crippen LogP) is 4.10. The summed E-state index contributed by atoms with van der Waals surface area (Å²) in [5, 5.41) is 0. The normalized spacial score (nSPS) is 14.6. The molecule has 1 aromatic carbocycles. The number of rotatable bonds is 5. The van der Waals surface area contributed by atoms with Gasteiger partial charge in [-0.05, 0) is 43.2 Å². The first-order valence-corrected chi connectivity index (χ1v) is 10.0. The van der Waals surface area contributed by atoms with Crippen LogP contribution in [0.2, 0.25) is 0 Å². The third-order valence-electron chi connectivity index (χ3n) is 5.52. The van der Waals surface area contributed by atoms with Gasteiger partial charge in [-0.3, -0.25) is 14.8 Å². The van der Waals surface area contributed by atoms with Gasteiger partial charge in [0.1, 0.15) is 5.75 Å². The Morgan fingerprint density at radius 1 is 1.03 bits per heavy atom. The van der Waals surface area contributed by atoms with Gasteiger partial charge in [-0.1, -0.05) is 24.3 Å². The van der Waals surface area contributed by atoms with Crippen molar-refractivity contribution in [3.8, 4) is 5.75 Å². The fraction of sp³-hybridized carbons (Fsp3) is 0.292. The second kappa shape index (κ2) is 8.86. The zero-order valence-electron chi connectivity index (χ0n) is 16.6. The number of ether oxygens (including phenoxy) is 1. The van der Waals surface area contributed by atoms with Gasteiger partial charge in [-0.25, -0.2) is 0 Å². The Hall–Kier alpha value is -3.21. The molecule has 29 heavy (non-hydrogen) atoms. The Bertz CT molecular complexity index is 967. The number of methoxy groups -OCH3 is 1. The van der Waals surface area contributed by atoms with Crippen molar-refractivity contribution in [2.75, 3.05) is 20.2 Å². The molecule has 0 aliphatic carbocycles. The molecule has 4 rings (SSSR count). The summed E-state index contributed by atoms with van der Waals surface area (Å²) in [4.78, 5) is 23.5. The topological polar surface area (TPSA) is 55.3 Å². The monoisotopic (exact) mass is 387 g/mol. The number of benzene rings is 1. The smallest absolute Gasteiger partial charge is 0.253 e. The quantitative estimate of drug-likeness (QED) is 0.662. The van der Waals surface area contributed by atoms with E-state index >= 15 is 0 Å². The lowest BCUT2D eigenvalue weighted by molar-refractivity contribution is 0.0712. The van der Waals surface area contributed by atoms with Gasteiger partial charge in [-0.15, -0.1) is 0 Å². The zero-order chi connectivity index (χ0) is 20.1. The van der Waals surface area contributed by atoms with Crippen LogP contribution in [0.15, 0.2) is 67.0 Å². The molecule has 5 nitrogen and oxygen atoms in total. The minimum Gasteiger partial charge on any atom is -0.496 e. The molecule has 0 radical (unpaired) electrons. The van der Waals surface area contributed by atoms with E-state index in [0.717, 1.165) is 55.1 Å². The first kappa shape index (κ1) is 19.1. The Kier molecular flexibility index (Phi) is 5.84. The highest BCUT2D eigenvalue weighted by Crippen LogP contribution is 2.28. The van der Waals surface area contributed by atoms with Crippen LogP contribution in [0.5, 0.6) is 5.75 Å². The van der Waals surface area contributed by atoms with Crippen molar-refractivity contribution >= 4 is 5.91 Å². The number of hydrogen-bond acceptors (Lipinski definition) is 4. The van der Waals surface area contributed by atoms with E-state index in [0.29, 0.717) is 11.5 Å². The van der Waals surface area contributed by atoms with Crippen molar-refractivity contribution in [3.05, 3.63) is 89.5 Å². The SMILES string of the molecule is COc1ccccc1Cc1cccc(C2CCN(C(=O)c3ccncc3)CC2)n1. The second-order valence-corrected chi connectivity index (χ2v) is 7.34. The molecule has 0 saturated carbocycles. The second-order valence-electron chi connectivity index (χ2n) is 7.34. The lowest BCUT2D eigenvalue weighted by Gasteiger charge is -2.32. The fourth-order valence-corrected chi connectivity index (χ4v) is 3.92. The van der Waals surface area contributed by atoms with Gasteiger partial charge >= 0.3 is 0 Å². The largest absolute Gasteiger partial charge is 0.496 e. The van der Waals surface area contributed by atoms with Crippen molar-refractivity contribution in [3.63, 3.8) is 0 Å². The maximum absolute atomic E-state index is 12.6. The number of nitrogens with zero attached hydrogens (tertiary/aromatic N) is 3. The predicted molar refractivity (Wildman–Crippen MR) is 112 cm³/mol. The lowest BCUT2D eigenvalue weighted by atomic mass is 9.92. The number of likely N-dealkylation sites (tertiary alicyclic amines) is 1. The van der Waals surface area contributed by atoms with Crippen LogP contribution in [0.25, 0.3) is 0 Å². The maximum Gasteiger partial charge on any atom is 0.253 e. The van der Waals surface area contributed by atoms with Crippen LogP contribution in [0.1, 0.15) is 46.1 Å². The fourth-order valence-electron chi connectivity index (χ4n) is 3.92. The van der Waals surface area contributed by atoms with Gasteiger partial charge in [-0.2, -0.15) is 0 Å². The molecule has 0 unspecified atom stereocenters. The average Bonchev–Trinajstić information content (AvgIpc) is 2.80. The first-order valence-electron chi connectivity index (χ1n) is 10.0. The summed E-state index contributed by atoms with van der Waals surface area (Å²) < 4.78 is 5.47. The number of hydrogen-bond donors (Lipinski definition) is 0. The summed E-state index contributed by atoms with van der Waals surface area (Å²) in [5.74, 6) is 1.36. The van der Waals surface area contributed by atoms with Gasteiger partial charge < -0.3 is 9.64 Å². The average molecular weight is 387 g/mol. The van der Waals surface area contributed by atoms with Gasteiger partial charge in [0.25, 0.3) is 5.91 Å². The molecule has 0 spiro atoms. The van der Waals surface area contributed by atoms with E-state index in [1.165, 1.54) is 0 Å². The van der Waals surface area contributed by atoms with E-state index in [-0.39, 0.29) is 5.91 Å². The molecular formula is C24H25N3O2. The Morgan fingerprint density at radius 3 is 2.55 bits per heavy atom. The summed E-state index contributed by atoms with van der Waals surface area (Å²) in [6.07, 6.45) is 5.94. The molecule has 0 bridgehead atoms. The maximum atomic E-state index is 12.6.